The van der Waals surface area contributed by atoms with E-state index < -0.39 is 29.8 Å². The van der Waals surface area contributed by atoms with Gasteiger partial charge >= 0.3 is 6.09 Å². The van der Waals surface area contributed by atoms with Gasteiger partial charge in [-0.05, 0) is 20.8 Å². The summed E-state index contributed by atoms with van der Waals surface area (Å²) in [7, 11) is 0. The summed E-state index contributed by atoms with van der Waals surface area (Å²) < 4.78 is 5.18. The molecule has 1 aliphatic heterocycles. The van der Waals surface area contributed by atoms with Gasteiger partial charge in [-0.25, -0.2) is 4.79 Å². The SMILES string of the molecule is CC(C)(C)OC(=O)N1C[C@H](CO)[C@@H](O)[C@@H]1CO. The minimum absolute atomic E-state index is 0.192. The molecule has 3 atom stereocenters. The number of ether oxygens (including phenoxy) is 1. The Morgan fingerprint density at radius 3 is 2.35 bits per heavy atom. The van der Waals surface area contributed by atoms with E-state index in [1.54, 1.807) is 20.8 Å². The van der Waals surface area contributed by atoms with Crippen LogP contribution < -0.4 is 0 Å². The largest absolute Gasteiger partial charge is 0.444 e. The van der Waals surface area contributed by atoms with Crippen molar-refractivity contribution in [3.8, 4) is 0 Å². The minimum Gasteiger partial charge on any atom is -0.444 e. The van der Waals surface area contributed by atoms with Gasteiger partial charge in [0.05, 0.1) is 25.4 Å². The lowest BCUT2D eigenvalue weighted by Crippen LogP contribution is -2.44. The van der Waals surface area contributed by atoms with Crippen LogP contribution in [0.25, 0.3) is 0 Å². The number of carbonyl (C=O) groups excluding carboxylic acids is 1. The first kappa shape index (κ1) is 14.2. The van der Waals surface area contributed by atoms with E-state index >= 15 is 0 Å². The third-order valence-corrected chi connectivity index (χ3v) is 2.76. The van der Waals surface area contributed by atoms with E-state index in [1.807, 2.05) is 0 Å². The second-order valence-corrected chi connectivity index (χ2v) is 5.32. The predicted molar refractivity (Wildman–Crippen MR) is 60.4 cm³/mol. The summed E-state index contributed by atoms with van der Waals surface area (Å²) in [6, 6.07) is -0.706. The Hall–Kier alpha value is -0.850. The lowest BCUT2D eigenvalue weighted by atomic mass is 10.0. The highest BCUT2D eigenvalue weighted by Crippen LogP contribution is 2.25. The van der Waals surface area contributed by atoms with E-state index in [9.17, 15) is 15.0 Å². The quantitative estimate of drug-likeness (QED) is 0.616. The van der Waals surface area contributed by atoms with Gasteiger partial charge in [0.2, 0.25) is 0 Å². The maximum absolute atomic E-state index is 11.8. The molecule has 0 aromatic heterocycles. The van der Waals surface area contributed by atoms with Crippen molar-refractivity contribution in [3.63, 3.8) is 0 Å². The average Bonchev–Trinajstić information content (AvgIpc) is 2.52. The normalized spacial score (nSPS) is 29.5. The molecule has 0 aromatic carbocycles. The molecule has 1 heterocycles. The smallest absolute Gasteiger partial charge is 0.410 e. The van der Waals surface area contributed by atoms with E-state index in [0.717, 1.165) is 0 Å². The van der Waals surface area contributed by atoms with E-state index in [1.165, 1.54) is 4.90 Å². The summed E-state index contributed by atoms with van der Waals surface area (Å²) in [5, 5.41) is 28.0. The number of carbonyl (C=O) groups is 1. The molecular formula is C11H21NO5. The molecule has 17 heavy (non-hydrogen) atoms. The Bertz CT molecular complexity index is 276. The van der Waals surface area contributed by atoms with Gasteiger partial charge in [-0.15, -0.1) is 0 Å². The molecule has 0 aromatic rings. The summed E-state index contributed by atoms with van der Waals surface area (Å²) >= 11 is 0. The summed E-state index contributed by atoms with van der Waals surface area (Å²) in [5.74, 6) is -0.431. The lowest BCUT2D eigenvalue weighted by Gasteiger charge is -2.28. The number of hydrogen-bond donors (Lipinski definition) is 3. The molecule has 1 rings (SSSR count). The van der Waals surface area contributed by atoms with Crippen LogP contribution in [0.1, 0.15) is 20.8 Å². The van der Waals surface area contributed by atoms with Crippen LogP contribution in [0.2, 0.25) is 0 Å². The maximum Gasteiger partial charge on any atom is 0.410 e. The number of rotatable bonds is 2. The summed E-state index contributed by atoms with van der Waals surface area (Å²) in [6.45, 7) is 4.85. The molecule has 6 nitrogen and oxygen atoms in total. The fourth-order valence-electron chi connectivity index (χ4n) is 1.90. The molecule has 0 bridgehead atoms. The Kier molecular flexibility index (Phi) is 4.35. The van der Waals surface area contributed by atoms with Crippen LogP contribution in [0.4, 0.5) is 4.79 Å². The van der Waals surface area contributed by atoms with Crippen molar-refractivity contribution in [2.45, 2.75) is 38.5 Å². The van der Waals surface area contributed by atoms with Gasteiger partial charge in [0.1, 0.15) is 5.60 Å². The third kappa shape index (κ3) is 3.31. The standard InChI is InChI=1S/C11H21NO5/c1-11(2,3)17-10(16)12-4-7(5-13)9(15)8(12)6-14/h7-9,13-15H,4-6H2,1-3H3/t7-,8+,9-/m1/s1. The molecule has 0 radical (unpaired) electrons. The molecule has 0 saturated carbocycles. The van der Waals surface area contributed by atoms with Crippen molar-refractivity contribution >= 4 is 6.09 Å². The van der Waals surface area contributed by atoms with Crippen molar-refractivity contribution in [1.82, 2.24) is 4.90 Å². The van der Waals surface area contributed by atoms with E-state index in [-0.39, 0.29) is 19.8 Å². The molecule has 0 spiro atoms. The first-order valence-corrected chi connectivity index (χ1v) is 5.69. The van der Waals surface area contributed by atoms with E-state index in [2.05, 4.69) is 0 Å². The Morgan fingerprint density at radius 1 is 1.35 bits per heavy atom. The van der Waals surface area contributed by atoms with Crippen molar-refractivity contribution in [2.75, 3.05) is 19.8 Å². The Labute approximate surface area is 101 Å². The molecule has 0 aliphatic carbocycles. The molecule has 1 fully saturated rings. The molecule has 6 heteroatoms. The Morgan fingerprint density at radius 2 is 1.94 bits per heavy atom. The number of aliphatic hydroxyl groups excluding tert-OH is 3. The number of amides is 1. The first-order valence-electron chi connectivity index (χ1n) is 5.69. The predicted octanol–water partition coefficient (Wildman–Crippen LogP) is -0.433. The van der Waals surface area contributed by atoms with Crippen LogP contribution in [-0.4, -0.2) is 63.8 Å². The van der Waals surface area contributed by atoms with Gasteiger partial charge in [0.15, 0.2) is 0 Å². The highest BCUT2D eigenvalue weighted by Gasteiger charge is 2.43. The van der Waals surface area contributed by atoms with Gasteiger partial charge in [0.25, 0.3) is 0 Å². The van der Waals surface area contributed by atoms with Crippen molar-refractivity contribution in [1.29, 1.82) is 0 Å². The van der Waals surface area contributed by atoms with Crippen LogP contribution in [0, 0.1) is 5.92 Å². The van der Waals surface area contributed by atoms with Gasteiger partial charge in [-0.1, -0.05) is 0 Å². The molecule has 1 aliphatic rings. The number of likely N-dealkylation sites (tertiary alicyclic amines) is 1. The number of aliphatic hydroxyl groups is 3. The summed E-state index contributed by atoms with van der Waals surface area (Å²) in [4.78, 5) is 13.1. The molecule has 0 unspecified atom stereocenters. The van der Waals surface area contributed by atoms with Gasteiger partial charge < -0.3 is 20.1 Å². The van der Waals surface area contributed by atoms with Gasteiger partial charge in [0, 0.05) is 12.5 Å². The van der Waals surface area contributed by atoms with Crippen molar-refractivity contribution < 1.29 is 24.9 Å². The van der Waals surface area contributed by atoms with Crippen LogP contribution in [0.3, 0.4) is 0 Å². The topological polar surface area (TPSA) is 90.2 Å². The maximum atomic E-state index is 11.8. The fraction of sp³-hybridized carbons (Fsp3) is 0.909. The second kappa shape index (κ2) is 5.20. The summed E-state index contributed by atoms with van der Waals surface area (Å²) in [6.07, 6.45) is -1.50. The zero-order valence-corrected chi connectivity index (χ0v) is 10.5. The van der Waals surface area contributed by atoms with Crippen LogP contribution in [0.15, 0.2) is 0 Å². The fourth-order valence-corrected chi connectivity index (χ4v) is 1.90. The Balaban J connectivity index is 2.73. The second-order valence-electron chi connectivity index (χ2n) is 5.32. The van der Waals surface area contributed by atoms with Crippen molar-refractivity contribution in [2.24, 2.45) is 5.92 Å². The molecule has 3 N–H and O–H groups in total. The first-order chi connectivity index (χ1) is 7.80. The minimum atomic E-state index is -0.919. The van der Waals surface area contributed by atoms with Gasteiger partial charge in [-0.3, -0.25) is 4.90 Å². The highest BCUT2D eigenvalue weighted by atomic mass is 16.6. The molecule has 100 valence electrons. The van der Waals surface area contributed by atoms with Crippen LogP contribution in [0.5, 0.6) is 0 Å². The van der Waals surface area contributed by atoms with Crippen LogP contribution in [-0.2, 0) is 4.74 Å². The monoisotopic (exact) mass is 247 g/mol. The zero-order valence-electron chi connectivity index (χ0n) is 10.5. The molecule has 1 saturated heterocycles. The van der Waals surface area contributed by atoms with E-state index in [0.29, 0.717) is 0 Å². The highest BCUT2D eigenvalue weighted by molar-refractivity contribution is 5.69. The van der Waals surface area contributed by atoms with Crippen molar-refractivity contribution in [3.05, 3.63) is 0 Å². The van der Waals surface area contributed by atoms with E-state index in [4.69, 9.17) is 9.84 Å². The molecule has 1 amide bonds. The lowest BCUT2D eigenvalue weighted by molar-refractivity contribution is 0.00493. The average molecular weight is 247 g/mol. The van der Waals surface area contributed by atoms with Gasteiger partial charge in [-0.2, -0.15) is 0 Å². The third-order valence-electron chi connectivity index (χ3n) is 2.76. The number of nitrogens with zero attached hydrogens (tertiary/aromatic N) is 1. The molecular weight excluding hydrogens is 226 g/mol. The zero-order chi connectivity index (χ0) is 13.2. The summed E-state index contributed by atoms with van der Waals surface area (Å²) in [5.41, 5.74) is -0.626. The number of hydrogen-bond acceptors (Lipinski definition) is 5. The van der Waals surface area contributed by atoms with Crippen LogP contribution >= 0.6 is 0 Å².